The van der Waals surface area contributed by atoms with Crippen LogP contribution in [0.15, 0.2) is 6.20 Å². The second-order valence-corrected chi connectivity index (χ2v) is 5.74. The normalized spacial score (nSPS) is 23.3. The number of rotatable bonds is 4. The molecule has 2 heterocycles. The van der Waals surface area contributed by atoms with Crippen molar-refractivity contribution in [3.8, 4) is 0 Å². The van der Waals surface area contributed by atoms with E-state index in [1.54, 1.807) is 6.20 Å². The molecule has 1 aliphatic carbocycles. The predicted molar refractivity (Wildman–Crippen MR) is 73.0 cm³/mol. The van der Waals surface area contributed by atoms with Gasteiger partial charge >= 0.3 is 0 Å². The van der Waals surface area contributed by atoms with E-state index >= 15 is 0 Å². The molecule has 5 nitrogen and oxygen atoms in total. The van der Waals surface area contributed by atoms with Crippen LogP contribution < -0.4 is 5.32 Å². The average Bonchev–Trinajstić information content (AvgIpc) is 3.18. The molecule has 2 fully saturated rings. The van der Waals surface area contributed by atoms with Crippen molar-refractivity contribution in [2.45, 2.75) is 51.1 Å². The number of aryl methyl sites for hydroxylation is 1. The fourth-order valence-electron chi connectivity index (χ4n) is 2.82. The minimum Gasteiger partial charge on any atom is -0.334 e. The predicted octanol–water partition coefficient (Wildman–Crippen LogP) is 1.46. The summed E-state index contributed by atoms with van der Waals surface area (Å²) in [6.45, 7) is 3.83. The number of aromatic nitrogens is 2. The van der Waals surface area contributed by atoms with E-state index in [9.17, 15) is 4.79 Å². The van der Waals surface area contributed by atoms with Gasteiger partial charge in [-0.25, -0.2) is 0 Å². The van der Waals surface area contributed by atoms with Crippen molar-refractivity contribution in [3.05, 3.63) is 17.5 Å². The van der Waals surface area contributed by atoms with Gasteiger partial charge in [-0.05, 0) is 39.2 Å². The van der Waals surface area contributed by atoms with Crippen molar-refractivity contribution in [1.29, 1.82) is 0 Å². The molecule has 2 N–H and O–H groups in total. The van der Waals surface area contributed by atoms with Crippen LogP contribution in [0.5, 0.6) is 0 Å². The molecule has 1 saturated heterocycles. The minimum absolute atomic E-state index is 0.140. The molecule has 5 heteroatoms. The van der Waals surface area contributed by atoms with Crippen LogP contribution in [0.4, 0.5) is 0 Å². The van der Waals surface area contributed by atoms with E-state index in [0.29, 0.717) is 12.1 Å². The maximum atomic E-state index is 12.6. The summed E-state index contributed by atoms with van der Waals surface area (Å²) in [4.78, 5) is 14.7. The molecule has 19 heavy (non-hydrogen) atoms. The van der Waals surface area contributed by atoms with Gasteiger partial charge in [0.2, 0.25) is 0 Å². The molecule has 0 aromatic carbocycles. The Morgan fingerprint density at radius 3 is 2.84 bits per heavy atom. The van der Waals surface area contributed by atoms with E-state index in [1.165, 1.54) is 19.3 Å². The van der Waals surface area contributed by atoms with Crippen molar-refractivity contribution < 1.29 is 4.79 Å². The van der Waals surface area contributed by atoms with Crippen molar-refractivity contribution in [2.75, 3.05) is 13.1 Å². The number of hydrogen-bond donors (Lipinski definition) is 2. The lowest BCUT2D eigenvalue weighted by atomic mass is 10.0. The SMILES string of the molecule is Cc1[nH]ncc1C(=O)N(CC1CCCCN1)C1CC1. The first-order chi connectivity index (χ1) is 9.25. The summed E-state index contributed by atoms with van der Waals surface area (Å²) in [7, 11) is 0. The lowest BCUT2D eigenvalue weighted by molar-refractivity contribution is 0.0717. The van der Waals surface area contributed by atoms with Crippen molar-refractivity contribution >= 4 is 5.91 Å². The average molecular weight is 262 g/mol. The fraction of sp³-hybridized carbons (Fsp3) is 0.714. The molecular formula is C14H22N4O. The Labute approximate surface area is 113 Å². The fourth-order valence-corrected chi connectivity index (χ4v) is 2.82. The molecule has 1 aliphatic heterocycles. The number of carbonyl (C=O) groups is 1. The van der Waals surface area contributed by atoms with Gasteiger partial charge in [0.15, 0.2) is 0 Å². The molecule has 1 unspecified atom stereocenters. The summed E-state index contributed by atoms with van der Waals surface area (Å²) < 4.78 is 0. The van der Waals surface area contributed by atoms with E-state index in [2.05, 4.69) is 20.4 Å². The largest absolute Gasteiger partial charge is 0.334 e. The van der Waals surface area contributed by atoms with Crippen LogP contribution in [0.3, 0.4) is 0 Å². The molecule has 1 aromatic rings. The number of hydrogen-bond acceptors (Lipinski definition) is 3. The summed E-state index contributed by atoms with van der Waals surface area (Å²) in [5.74, 6) is 0.140. The van der Waals surface area contributed by atoms with Gasteiger partial charge < -0.3 is 10.2 Å². The third kappa shape index (κ3) is 2.81. The van der Waals surface area contributed by atoms with Gasteiger partial charge in [0.05, 0.1) is 11.8 Å². The third-order valence-electron chi connectivity index (χ3n) is 4.14. The van der Waals surface area contributed by atoms with Crippen LogP contribution in [0, 0.1) is 6.92 Å². The molecule has 3 rings (SSSR count). The Kier molecular flexibility index (Phi) is 3.55. The Morgan fingerprint density at radius 2 is 2.26 bits per heavy atom. The zero-order valence-corrected chi connectivity index (χ0v) is 11.5. The highest BCUT2D eigenvalue weighted by Gasteiger charge is 2.35. The van der Waals surface area contributed by atoms with Gasteiger partial charge in [-0.1, -0.05) is 6.42 Å². The molecule has 0 bridgehead atoms. The lowest BCUT2D eigenvalue weighted by Crippen LogP contribution is -2.46. The van der Waals surface area contributed by atoms with Crippen molar-refractivity contribution in [1.82, 2.24) is 20.4 Å². The Morgan fingerprint density at radius 1 is 1.42 bits per heavy atom. The van der Waals surface area contributed by atoms with Crippen LogP contribution in [-0.4, -0.2) is 46.2 Å². The zero-order chi connectivity index (χ0) is 13.2. The summed E-state index contributed by atoms with van der Waals surface area (Å²) in [5.41, 5.74) is 1.59. The first-order valence-electron chi connectivity index (χ1n) is 7.30. The van der Waals surface area contributed by atoms with E-state index in [0.717, 1.165) is 37.2 Å². The highest BCUT2D eigenvalue weighted by atomic mass is 16.2. The Balaban J connectivity index is 1.70. The number of H-pyrrole nitrogens is 1. The number of nitrogens with one attached hydrogen (secondary N) is 2. The van der Waals surface area contributed by atoms with Crippen LogP contribution in [0.25, 0.3) is 0 Å². The van der Waals surface area contributed by atoms with E-state index in [4.69, 9.17) is 0 Å². The minimum atomic E-state index is 0.140. The van der Waals surface area contributed by atoms with Crippen LogP contribution in [-0.2, 0) is 0 Å². The van der Waals surface area contributed by atoms with Crippen LogP contribution in [0.1, 0.15) is 48.2 Å². The number of piperidine rings is 1. The van der Waals surface area contributed by atoms with Crippen molar-refractivity contribution in [3.63, 3.8) is 0 Å². The number of carbonyl (C=O) groups excluding carboxylic acids is 1. The van der Waals surface area contributed by atoms with Gasteiger partial charge in [-0.3, -0.25) is 9.89 Å². The number of aromatic amines is 1. The summed E-state index contributed by atoms with van der Waals surface area (Å²) in [5, 5.41) is 10.3. The van der Waals surface area contributed by atoms with Crippen LogP contribution in [0.2, 0.25) is 0 Å². The maximum Gasteiger partial charge on any atom is 0.257 e. The summed E-state index contributed by atoms with van der Waals surface area (Å²) >= 11 is 0. The standard InChI is InChI=1S/C14H22N4O/c1-10-13(8-16-17-10)14(19)18(12-5-6-12)9-11-4-2-3-7-15-11/h8,11-12,15H,2-7,9H2,1H3,(H,16,17). The third-order valence-corrected chi connectivity index (χ3v) is 4.14. The molecule has 1 saturated carbocycles. The first-order valence-corrected chi connectivity index (χ1v) is 7.30. The topological polar surface area (TPSA) is 61.0 Å². The second-order valence-electron chi connectivity index (χ2n) is 5.74. The van der Waals surface area contributed by atoms with Crippen LogP contribution >= 0.6 is 0 Å². The Hall–Kier alpha value is -1.36. The van der Waals surface area contributed by atoms with Gasteiger partial charge in [-0.15, -0.1) is 0 Å². The molecule has 2 aliphatic rings. The molecule has 1 amide bonds. The van der Waals surface area contributed by atoms with E-state index in [1.807, 2.05) is 6.92 Å². The first kappa shape index (κ1) is 12.7. The highest BCUT2D eigenvalue weighted by molar-refractivity contribution is 5.95. The van der Waals surface area contributed by atoms with Gasteiger partial charge in [0.1, 0.15) is 0 Å². The summed E-state index contributed by atoms with van der Waals surface area (Å²) in [6, 6.07) is 0.913. The number of amides is 1. The Bertz CT molecular complexity index is 446. The molecule has 0 radical (unpaired) electrons. The molecule has 1 aromatic heterocycles. The van der Waals surface area contributed by atoms with E-state index in [-0.39, 0.29) is 5.91 Å². The van der Waals surface area contributed by atoms with Crippen molar-refractivity contribution in [2.24, 2.45) is 0 Å². The number of nitrogens with zero attached hydrogens (tertiary/aromatic N) is 2. The molecule has 104 valence electrons. The van der Waals surface area contributed by atoms with Gasteiger partial charge in [0.25, 0.3) is 5.91 Å². The molecular weight excluding hydrogens is 240 g/mol. The maximum absolute atomic E-state index is 12.6. The second kappa shape index (κ2) is 5.33. The zero-order valence-electron chi connectivity index (χ0n) is 11.5. The van der Waals surface area contributed by atoms with E-state index < -0.39 is 0 Å². The van der Waals surface area contributed by atoms with Gasteiger partial charge in [-0.2, -0.15) is 5.10 Å². The monoisotopic (exact) mass is 262 g/mol. The summed E-state index contributed by atoms with van der Waals surface area (Å²) in [6.07, 6.45) is 7.66. The molecule has 1 atom stereocenters. The lowest BCUT2D eigenvalue weighted by Gasteiger charge is -2.30. The smallest absolute Gasteiger partial charge is 0.257 e. The quantitative estimate of drug-likeness (QED) is 0.863. The van der Waals surface area contributed by atoms with Gasteiger partial charge in [0, 0.05) is 24.3 Å². The highest BCUT2D eigenvalue weighted by Crippen LogP contribution is 2.29. The molecule has 0 spiro atoms.